The van der Waals surface area contributed by atoms with E-state index in [9.17, 15) is 4.39 Å². The fraction of sp³-hybridized carbons (Fsp3) is 0.471. The predicted molar refractivity (Wildman–Crippen MR) is 83.8 cm³/mol. The number of hydrogen-bond donors (Lipinski definition) is 1. The van der Waals surface area contributed by atoms with Crippen LogP contribution in [0.25, 0.3) is 0 Å². The first-order chi connectivity index (χ1) is 10.2. The maximum absolute atomic E-state index is 14.3. The van der Waals surface area contributed by atoms with Gasteiger partial charge in [-0.2, -0.15) is 0 Å². The minimum atomic E-state index is -0.202. The molecule has 114 valence electrons. The van der Waals surface area contributed by atoms with Crippen molar-refractivity contribution in [3.63, 3.8) is 0 Å². The highest BCUT2D eigenvalue weighted by Crippen LogP contribution is 2.24. The summed E-state index contributed by atoms with van der Waals surface area (Å²) in [4.78, 5) is 4.47. The first kappa shape index (κ1) is 15.7. The van der Waals surface area contributed by atoms with Gasteiger partial charge in [-0.25, -0.2) is 9.37 Å². The number of hydrogen-bond acceptors (Lipinski definition) is 2. The number of aromatic nitrogens is 2. The third-order valence-electron chi connectivity index (χ3n) is 3.53. The molecule has 2 rings (SSSR count). The van der Waals surface area contributed by atoms with E-state index in [2.05, 4.69) is 28.7 Å². The van der Waals surface area contributed by atoms with E-state index in [1.807, 2.05) is 19.2 Å². The average molecular weight is 289 g/mol. The van der Waals surface area contributed by atoms with E-state index in [0.29, 0.717) is 5.56 Å². The smallest absolute Gasteiger partial charge is 0.130 e. The number of nitrogens with zero attached hydrogens (tertiary/aromatic N) is 2. The highest BCUT2D eigenvalue weighted by Gasteiger charge is 2.21. The minimum Gasteiger partial charge on any atom is -0.333 e. The number of nitrogens with one attached hydrogen (secondary N) is 1. The molecule has 2 aromatic rings. The average Bonchev–Trinajstić information content (AvgIpc) is 2.92. The molecule has 1 aromatic carbocycles. The zero-order chi connectivity index (χ0) is 15.2. The lowest BCUT2D eigenvalue weighted by molar-refractivity contribution is 0.504. The zero-order valence-corrected chi connectivity index (χ0v) is 13.1. The van der Waals surface area contributed by atoms with Gasteiger partial charge in [0.05, 0.1) is 6.04 Å². The second-order valence-corrected chi connectivity index (χ2v) is 5.39. The van der Waals surface area contributed by atoms with Crippen molar-refractivity contribution in [1.82, 2.24) is 14.9 Å². The monoisotopic (exact) mass is 289 g/mol. The summed E-state index contributed by atoms with van der Waals surface area (Å²) < 4.78 is 16.4. The molecular formula is C17H24FN3. The lowest BCUT2D eigenvalue weighted by atomic mass is 10.0. The third kappa shape index (κ3) is 3.70. The number of aryl methyl sites for hydroxylation is 2. The lowest BCUT2D eigenvalue weighted by Gasteiger charge is -2.21. The summed E-state index contributed by atoms with van der Waals surface area (Å²) in [5.41, 5.74) is 1.73. The number of benzene rings is 1. The normalized spacial score (nSPS) is 12.6. The molecule has 0 amide bonds. The maximum atomic E-state index is 14.3. The standard InChI is InChI=1S/C17H24FN3/c1-4-8-19-16(14-12-13(3)6-7-15(14)18)17-20-9-11-21(17)10-5-2/h6-7,9,11-12,16,19H,4-5,8,10H2,1-3H3. The SMILES string of the molecule is CCCNC(c1cc(C)ccc1F)c1nccn1CCC. The van der Waals surface area contributed by atoms with E-state index in [-0.39, 0.29) is 11.9 Å². The van der Waals surface area contributed by atoms with Crippen LogP contribution in [0.15, 0.2) is 30.6 Å². The van der Waals surface area contributed by atoms with E-state index >= 15 is 0 Å². The zero-order valence-electron chi connectivity index (χ0n) is 13.1. The van der Waals surface area contributed by atoms with E-state index in [1.54, 1.807) is 18.3 Å². The summed E-state index contributed by atoms with van der Waals surface area (Å²) in [5, 5.41) is 3.43. The Labute approximate surface area is 126 Å². The van der Waals surface area contributed by atoms with Crippen LogP contribution in [-0.4, -0.2) is 16.1 Å². The number of imidazole rings is 1. The molecule has 4 heteroatoms. The summed E-state index contributed by atoms with van der Waals surface area (Å²) >= 11 is 0. The van der Waals surface area contributed by atoms with Crippen LogP contribution < -0.4 is 5.32 Å². The summed E-state index contributed by atoms with van der Waals surface area (Å²) in [5.74, 6) is 0.704. The van der Waals surface area contributed by atoms with E-state index in [0.717, 1.165) is 37.3 Å². The van der Waals surface area contributed by atoms with Crippen molar-refractivity contribution in [2.45, 2.75) is 46.2 Å². The second-order valence-electron chi connectivity index (χ2n) is 5.39. The van der Waals surface area contributed by atoms with Gasteiger partial charge in [0.1, 0.15) is 11.6 Å². The van der Waals surface area contributed by atoms with E-state index in [1.165, 1.54) is 0 Å². The van der Waals surface area contributed by atoms with Crippen LogP contribution in [0.4, 0.5) is 4.39 Å². The summed E-state index contributed by atoms with van der Waals surface area (Å²) in [7, 11) is 0. The van der Waals surface area contributed by atoms with Crippen LogP contribution in [-0.2, 0) is 6.54 Å². The van der Waals surface area contributed by atoms with Crippen molar-refractivity contribution < 1.29 is 4.39 Å². The molecule has 0 fully saturated rings. The Kier molecular flexibility index (Phi) is 5.51. The lowest BCUT2D eigenvalue weighted by Crippen LogP contribution is -2.27. The van der Waals surface area contributed by atoms with Crippen LogP contribution in [0.3, 0.4) is 0 Å². The molecule has 0 aliphatic heterocycles. The van der Waals surface area contributed by atoms with Gasteiger partial charge in [-0.3, -0.25) is 0 Å². The summed E-state index contributed by atoms with van der Waals surface area (Å²) in [6.07, 6.45) is 5.78. The fourth-order valence-corrected chi connectivity index (χ4v) is 2.52. The van der Waals surface area contributed by atoms with Crippen LogP contribution in [0.5, 0.6) is 0 Å². The largest absolute Gasteiger partial charge is 0.333 e. The molecule has 0 aliphatic carbocycles. The van der Waals surface area contributed by atoms with Crippen molar-refractivity contribution in [3.05, 3.63) is 53.4 Å². The van der Waals surface area contributed by atoms with Gasteiger partial charge < -0.3 is 9.88 Å². The molecule has 1 aromatic heterocycles. The van der Waals surface area contributed by atoms with Gasteiger partial charge in [-0.05, 0) is 32.4 Å². The Morgan fingerprint density at radius 3 is 2.81 bits per heavy atom. The van der Waals surface area contributed by atoms with Crippen LogP contribution in [0.2, 0.25) is 0 Å². The predicted octanol–water partition coefficient (Wildman–Crippen LogP) is 3.83. The Hall–Kier alpha value is -1.68. The van der Waals surface area contributed by atoms with Crippen molar-refractivity contribution in [3.8, 4) is 0 Å². The molecule has 3 nitrogen and oxygen atoms in total. The maximum Gasteiger partial charge on any atom is 0.130 e. The van der Waals surface area contributed by atoms with Gasteiger partial charge in [-0.1, -0.05) is 31.5 Å². The molecule has 0 bridgehead atoms. The van der Waals surface area contributed by atoms with Crippen molar-refractivity contribution in [2.24, 2.45) is 0 Å². The third-order valence-corrected chi connectivity index (χ3v) is 3.53. The van der Waals surface area contributed by atoms with Gasteiger partial charge in [-0.15, -0.1) is 0 Å². The van der Waals surface area contributed by atoms with Gasteiger partial charge in [0.15, 0.2) is 0 Å². The minimum absolute atomic E-state index is 0.180. The van der Waals surface area contributed by atoms with Crippen LogP contribution in [0.1, 0.15) is 49.7 Å². The Morgan fingerprint density at radius 2 is 2.10 bits per heavy atom. The van der Waals surface area contributed by atoms with Crippen molar-refractivity contribution in [2.75, 3.05) is 6.54 Å². The molecule has 21 heavy (non-hydrogen) atoms. The molecule has 0 saturated carbocycles. The molecule has 1 N–H and O–H groups in total. The van der Waals surface area contributed by atoms with Crippen LogP contribution in [0, 0.1) is 12.7 Å². The molecule has 1 atom stereocenters. The number of rotatable bonds is 7. The van der Waals surface area contributed by atoms with Gasteiger partial charge >= 0.3 is 0 Å². The molecule has 0 spiro atoms. The van der Waals surface area contributed by atoms with Crippen LogP contribution >= 0.6 is 0 Å². The van der Waals surface area contributed by atoms with Gasteiger partial charge in [0, 0.05) is 24.5 Å². The highest BCUT2D eigenvalue weighted by molar-refractivity contribution is 5.31. The van der Waals surface area contributed by atoms with Crippen molar-refractivity contribution >= 4 is 0 Å². The fourth-order valence-electron chi connectivity index (χ4n) is 2.52. The number of halogens is 1. The Balaban J connectivity index is 2.42. The second kappa shape index (κ2) is 7.36. The topological polar surface area (TPSA) is 29.9 Å². The first-order valence-electron chi connectivity index (χ1n) is 7.67. The van der Waals surface area contributed by atoms with Gasteiger partial charge in [0.2, 0.25) is 0 Å². The van der Waals surface area contributed by atoms with E-state index in [4.69, 9.17) is 0 Å². The van der Waals surface area contributed by atoms with Gasteiger partial charge in [0.25, 0.3) is 0 Å². The van der Waals surface area contributed by atoms with E-state index < -0.39 is 0 Å². The summed E-state index contributed by atoms with van der Waals surface area (Å²) in [6, 6.07) is 5.05. The van der Waals surface area contributed by atoms with Crippen molar-refractivity contribution in [1.29, 1.82) is 0 Å². The Morgan fingerprint density at radius 1 is 1.29 bits per heavy atom. The summed E-state index contributed by atoms with van der Waals surface area (Å²) in [6.45, 7) is 7.95. The molecule has 0 saturated heterocycles. The quantitative estimate of drug-likeness (QED) is 0.839. The highest BCUT2D eigenvalue weighted by atomic mass is 19.1. The molecular weight excluding hydrogens is 265 g/mol. The first-order valence-corrected chi connectivity index (χ1v) is 7.67. The molecule has 1 heterocycles. The molecule has 0 aliphatic rings. The Bertz CT molecular complexity index is 577. The molecule has 0 radical (unpaired) electrons. The molecule has 1 unspecified atom stereocenters.